The molecule has 1 aromatic carbocycles. The largest absolute Gasteiger partial charge is 0.341 e. The molecule has 0 saturated carbocycles. The second-order valence-electron chi connectivity index (χ2n) is 6.82. The first kappa shape index (κ1) is 17.4. The van der Waals surface area contributed by atoms with E-state index in [1.54, 1.807) is 17.0 Å². The number of piperidine rings is 1. The lowest BCUT2D eigenvalue weighted by Gasteiger charge is -2.32. The zero-order chi connectivity index (χ0) is 17.2. The molecular formula is C18H26N2O3S. The number of carbonyl (C=O) groups is 1. The number of sulfone groups is 1. The normalized spacial score (nSPS) is 20.9. The molecule has 1 saturated heterocycles. The number of nitrogens with zero attached hydrogens (tertiary/aromatic N) is 1. The standard InChI is InChI=1S/C18H26N2O3S/c1-19-16-6-3-10-20(13-16)18(21)9-11-24(22,23)17-8-7-14-4-2-5-15(14)12-17/h7-8,12,16,19H,2-6,9-11,13H2,1H3. The Bertz CT molecular complexity index is 715. The minimum absolute atomic E-state index is 0.0558. The van der Waals surface area contributed by atoms with Crippen molar-refractivity contribution in [1.82, 2.24) is 10.2 Å². The second kappa shape index (κ2) is 7.23. The molecular weight excluding hydrogens is 324 g/mol. The van der Waals surface area contributed by atoms with Crippen molar-refractivity contribution >= 4 is 15.7 Å². The molecule has 0 bridgehead atoms. The third-order valence-corrected chi connectivity index (χ3v) is 6.91. The number of hydrogen-bond acceptors (Lipinski definition) is 4. The Morgan fingerprint density at radius 1 is 1.25 bits per heavy atom. The van der Waals surface area contributed by atoms with Crippen LogP contribution in [-0.2, 0) is 27.5 Å². The molecule has 1 aliphatic carbocycles. The number of nitrogens with one attached hydrogen (secondary N) is 1. The van der Waals surface area contributed by atoms with Gasteiger partial charge >= 0.3 is 0 Å². The van der Waals surface area contributed by atoms with E-state index in [1.165, 1.54) is 5.56 Å². The smallest absolute Gasteiger partial charge is 0.223 e. The van der Waals surface area contributed by atoms with E-state index in [-0.39, 0.29) is 18.1 Å². The molecule has 24 heavy (non-hydrogen) atoms. The first-order valence-corrected chi connectivity index (χ1v) is 10.4. The van der Waals surface area contributed by atoms with Gasteiger partial charge in [-0.2, -0.15) is 0 Å². The summed E-state index contributed by atoms with van der Waals surface area (Å²) < 4.78 is 25.1. The topological polar surface area (TPSA) is 66.5 Å². The third-order valence-electron chi connectivity index (χ3n) is 5.20. The van der Waals surface area contributed by atoms with E-state index in [9.17, 15) is 13.2 Å². The maximum atomic E-state index is 12.6. The van der Waals surface area contributed by atoms with Gasteiger partial charge < -0.3 is 10.2 Å². The minimum atomic E-state index is -3.40. The molecule has 6 heteroatoms. The lowest BCUT2D eigenvalue weighted by atomic mass is 10.1. The molecule has 0 radical (unpaired) electrons. The molecule has 5 nitrogen and oxygen atoms in total. The SMILES string of the molecule is CNC1CCCN(C(=O)CCS(=O)(=O)c2ccc3c(c2)CCC3)C1. The second-order valence-corrected chi connectivity index (χ2v) is 8.93. The highest BCUT2D eigenvalue weighted by Gasteiger charge is 2.25. The molecule has 1 N–H and O–H groups in total. The predicted molar refractivity (Wildman–Crippen MR) is 93.8 cm³/mol. The van der Waals surface area contributed by atoms with E-state index in [1.807, 2.05) is 13.1 Å². The van der Waals surface area contributed by atoms with Crippen LogP contribution in [0.1, 0.15) is 36.8 Å². The lowest BCUT2D eigenvalue weighted by molar-refractivity contribution is -0.132. The van der Waals surface area contributed by atoms with Gasteiger partial charge in [0.05, 0.1) is 10.6 Å². The number of hydrogen-bond donors (Lipinski definition) is 1. The van der Waals surface area contributed by atoms with Crippen molar-refractivity contribution in [2.45, 2.75) is 49.5 Å². The van der Waals surface area contributed by atoms with Crippen molar-refractivity contribution in [2.24, 2.45) is 0 Å². The number of aryl methyl sites for hydroxylation is 2. The Hall–Kier alpha value is -1.40. The Morgan fingerprint density at radius 3 is 2.83 bits per heavy atom. The molecule has 1 aliphatic heterocycles. The van der Waals surface area contributed by atoms with Crippen molar-refractivity contribution < 1.29 is 13.2 Å². The van der Waals surface area contributed by atoms with Gasteiger partial charge in [-0.15, -0.1) is 0 Å². The molecule has 2 aliphatic rings. The van der Waals surface area contributed by atoms with Crippen LogP contribution in [-0.4, -0.2) is 51.2 Å². The monoisotopic (exact) mass is 350 g/mol. The van der Waals surface area contributed by atoms with Crippen LogP contribution in [0.15, 0.2) is 23.1 Å². The highest BCUT2D eigenvalue weighted by molar-refractivity contribution is 7.91. The highest BCUT2D eigenvalue weighted by Crippen LogP contribution is 2.25. The van der Waals surface area contributed by atoms with E-state index in [0.717, 1.165) is 44.2 Å². The summed E-state index contributed by atoms with van der Waals surface area (Å²) >= 11 is 0. The molecule has 1 heterocycles. The molecule has 0 spiro atoms. The van der Waals surface area contributed by atoms with Gasteiger partial charge in [0.15, 0.2) is 9.84 Å². The summed E-state index contributed by atoms with van der Waals surface area (Å²) in [5.41, 5.74) is 2.41. The van der Waals surface area contributed by atoms with Gasteiger partial charge in [-0.25, -0.2) is 8.42 Å². The average Bonchev–Trinajstić information content (AvgIpc) is 3.07. The molecule has 1 fully saturated rings. The van der Waals surface area contributed by atoms with Crippen molar-refractivity contribution in [1.29, 1.82) is 0 Å². The van der Waals surface area contributed by atoms with E-state index >= 15 is 0 Å². The average molecular weight is 350 g/mol. The van der Waals surface area contributed by atoms with Gasteiger partial charge in [0.2, 0.25) is 5.91 Å². The van der Waals surface area contributed by atoms with Crippen LogP contribution in [0, 0.1) is 0 Å². The van der Waals surface area contributed by atoms with E-state index in [4.69, 9.17) is 0 Å². The molecule has 0 aromatic heterocycles. The fraction of sp³-hybridized carbons (Fsp3) is 0.611. The summed E-state index contributed by atoms with van der Waals surface area (Å²) in [7, 11) is -1.50. The van der Waals surface area contributed by atoms with E-state index in [0.29, 0.717) is 17.5 Å². The van der Waals surface area contributed by atoms with Gasteiger partial charge in [0.25, 0.3) is 0 Å². The van der Waals surface area contributed by atoms with Crippen LogP contribution in [0.25, 0.3) is 0 Å². The Kier molecular flexibility index (Phi) is 5.25. The summed E-state index contributed by atoms with van der Waals surface area (Å²) in [5.74, 6) is -0.162. The first-order chi connectivity index (χ1) is 11.5. The molecule has 1 amide bonds. The highest BCUT2D eigenvalue weighted by atomic mass is 32.2. The number of carbonyl (C=O) groups excluding carboxylic acids is 1. The van der Waals surface area contributed by atoms with E-state index in [2.05, 4.69) is 5.32 Å². The Labute approximate surface area is 144 Å². The zero-order valence-electron chi connectivity index (χ0n) is 14.3. The van der Waals surface area contributed by atoms with Gasteiger partial charge in [0.1, 0.15) is 0 Å². The van der Waals surface area contributed by atoms with Crippen LogP contribution in [0.4, 0.5) is 0 Å². The molecule has 3 rings (SSSR count). The number of fused-ring (bicyclic) bond motifs is 1. The van der Waals surface area contributed by atoms with E-state index < -0.39 is 9.84 Å². The first-order valence-electron chi connectivity index (χ1n) is 8.79. The van der Waals surface area contributed by atoms with Crippen LogP contribution >= 0.6 is 0 Å². The summed E-state index contributed by atoms with van der Waals surface area (Å²) in [6.45, 7) is 1.41. The number of amides is 1. The van der Waals surface area contributed by atoms with Crippen molar-refractivity contribution in [2.75, 3.05) is 25.9 Å². The molecule has 132 valence electrons. The summed E-state index contributed by atoms with van der Waals surface area (Å²) in [5, 5.41) is 3.20. The maximum absolute atomic E-state index is 12.6. The quantitative estimate of drug-likeness (QED) is 0.875. The Balaban J connectivity index is 1.61. The van der Waals surface area contributed by atoms with Gasteiger partial charge in [-0.05, 0) is 62.4 Å². The third kappa shape index (κ3) is 3.81. The number of likely N-dealkylation sites (tertiary alicyclic amines) is 1. The fourth-order valence-electron chi connectivity index (χ4n) is 3.68. The van der Waals surface area contributed by atoms with Crippen molar-refractivity contribution in [3.8, 4) is 0 Å². The fourth-order valence-corrected chi connectivity index (χ4v) is 4.95. The lowest BCUT2D eigenvalue weighted by Crippen LogP contribution is -2.47. The number of rotatable bonds is 5. The zero-order valence-corrected chi connectivity index (χ0v) is 15.1. The van der Waals surface area contributed by atoms with Gasteiger partial charge in [0, 0.05) is 25.6 Å². The van der Waals surface area contributed by atoms with Gasteiger partial charge in [-0.1, -0.05) is 6.07 Å². The van der Waals surface area contributed by atoms with Crippen molar-refractivity contribution in [3.05, 3.63) is 29.3 Å². The Morgan fingerprint density at radius 2 is 2.04 bits per heavy atom. The predicted octanol–water partition coefficient (Wildman–Crippen LogP) is 1.55. The van der Waals surface area contributed by atoms with Crippen LogP contribution in [0.5, 0.6) is 0 Å². The maximum Gasteiger partial charge on any atom is 0.223 e. The van der Waals surface area contributed by atoms with Crippen LogP contribution < -0.4 is 5.32 Å². The number of likely N-dealkylation sites (N-methyl/N-ethyl adjacent to an activating group) is 1. The van der Waals surface area contributed by atoms with Crippen LogP contribution in [0.2, 0.25) is 0 Å². The summed E-state index contributed by atoms with van der Waals surface area (Å²) in [6, 6.07) is 5.75. The summed E-state index contributed by atoms with van der Waals surface area (Å²) in [4.78, 5) is 14.5. The summed E-state index contributed by atoms with van der Waals surface area (Å²) in [6.07, 6.45) is 5.18. The molecule has 1 unspecified atom stereocenters. The van der Waals surface area contributed by atoms with Crippen LogP contribution in [0.3, 0.4) is 0 Å². The molecule has 1 aromatic rings. The minimum Gasteiger partial charge on any atom is -0.341 e. The van der Waals surface area contributed by atoms with Crippen molar-refractivity contribution in [3.63, 3.8) is 0 Å². The molecule has 1 atom stereocenters. The van der Waals surface area contributed by atoms with Gasteiger partial charge in [-0.3, -0.25) is 4.79 Å². The number of benzene rings is 1.